The third kappa shape index (κ3) is 3.47. The van der Waals surface area contributed by atoms with Crippen LogP contribution in [0.15, 0.2) is 18.2 Å². The van der Waals surface area contributed by atoms with E-state index in [0.717, 1.165) is 6.42 Å². The van der Waals surface area contributed by atoms with Gasteiger partial charge in [0.15, 0.2) is 0 Å². The maximum Gasteiger partial charge on any atom is 0.270 e. The minimum atomic E-state index is -0.439. The first-order chi connectivity index (χ1) is 9.64. The molecule has 0 spiro atoms. The molecule has 1 atom stereocenters. The van der Waals surface area contributed by atoms with E-state index in [2.05, 4.69) is 0 Å². The molecule has 1 unspecified atom stereocenters. The fraction of sp³-hybridized carbons (Fsp3) is 0.600. The molecule has 0 aliphatic carbocycles. The molecule has 21 heavy (non-hydrogen) atoms. The van der Waals surface area contributed by atoms with E-state index in [1.807, 2.05) is 27.7 Å². The predicted octanol–water partition coefficient (Wildman–Crippen LogP) is 4.06. The highest BCUT2D eigenvalue weighted by molar-refractivity contribution is 6.17. The van der Waals surface area contributed by atoms with Crippen LogP contribution in [0.5, 0.6) is 5.75 Å². The summed E-state index contributed by atoms with van der Waals surface area (Å²) in [5.74, 6) is 0.740. The first kappa shape index (κ1) is 16.0. The molecule has 116 valence electrons. The molecule has 1 saturated heterocycles. The minimum absolute atomic E-state index is 0.0141. The molecule has 0 N–H and O–H groups in total. The molecule has 6 heteroatoms. The van der Waals surface area contributed by atoms with Crippen LogP contribution in [0, 0.1) is 10.1 Å². The number of alkyl halides is 1. The van der Waals surface area contributed by atoms with E-state index in [4.69, 9.17) is 21.1 Å². The van der Waals surface area contributed by atoms with Gasteiger partial charge in [0.25, 0.3) is 5.69 Å². The Bertz CT molecular complexity index is 557. The van der Waals surface area contributed by atoms with Crippen molar-refractivity contribution in [3.05, 3.63) is 33.9 Å². The van der Waals surface area contributed by atoms with Crippen molar-refractivity contribution in [3.63, 3.8) is 0 Å². The zero-order chi connectivity index (χ0) is 15.8. The maximum atomic E-state index is 10.8. The van der Waals surface area contributed by atoms with E-state index >= 15 is 0 Å². The molecule has 0 bridgehead atoms. The number of hydrogen-bond acceptors (Lipinski definition) is 4. The van der Waals surface area contributed by atoms with Crippen molar-refractivity contribution in [2.24, 2.45) is 0 Å². The lowest BCUT2D eigenvalue weighted by molar-refractivity contribution is -0.384. The third-order valence-electron chi connectivity index (χ3n) is 3.66. The molecule has 1 aromatic rings. The van der Waals surface area contributed by atoms with Gasteiger partial charge in [0.1, 0.15) is 17.5 Å². The van der Waals surface area contributed by atoms with Gasteiger partial charge in [-0.25, -0.2) is 0 Å². The van der Waals surface area contributed by atoms with Crippen molar-refractivity contribution in [1.29, 1.82) is 0 Å². The highest BCUT2D eigenvalue weighted by Gasteiger charge is 2.47. The molecule has 1 aromatic carbocycles. The fourth-order valence-corrected chi connectivity index (χ4v) is 2.96. The Balaban J connectivity index is 2.25. The van der Waals surface area contributed by atoms with Crippen LogP contribution in [0.4, 0.5) is 5.69 Å². The molecular weight excluding hydrogens is 294 g/mol. The zero-order valence-corrected chi connectivity index (χ0v) is 13.4. The summed E-state index contributed by atoms with van der Waals surface area (Å²) in [5.41, 5.74) is -0.0445. The van der Waals surface area contributed by atoms with Gasteiger partial charge >= 0.3 is 0 Å². The number of nitro benzene ring substituents is 1. The van der Waals surface area contributed by atoms with Gasteiger partial charge in [-0.15, -0.1) is 11.6 Å². The van der Waals surface area contributed by atoms with Gasteiger partial charge in [-0.2, -0.15) is 0 Å². The van der Waals surface area contributed by atoms with Crippen LogP contribution in [-0.2, 0) is 10.6 Å². The molecule has 1 aliphatic rings. The van der Waals surface area contributed by atoms with Crippen LogP contribution in [0.1, 0.15) is 39.7 Å². The Morgan fingerprint density at radius 2 is 2.10 bits per heavy atom. The van der Waals surface area contributed by atoms with Gasteiger partial charge in [-0.3, -0.25) is 10.1 Å². The molecule has 1 heterocycles. The number of halogens is 1. The van der Waals surface area contributed by atoms with E-state index < -0.39 is 10.5 Å². The second kappa shape index (κ2) is 5.46. The van der Waals surface area contributed by atoms with Crippen molar-refractivity contribution in [3.8, 4) is 5.75 Å². The maximum absolute atomic E-state index is 10.8. The smallest absolute Gasteiger partial charge is 0.270 e. The Hall–Kier alpha value is -1.33. The molecule has 5 nitrogen and oxygen atoms in total. The molecule has 0 amide bonds. The second-order valence-corrected chi connectivity index (χ2v) is 6.73. The Morgan fingerprint density at radius 1 is 1.43 bits per heavy atom. The normalized spacial score (nSPS) is 23.0. The number of nitro groups is 1. The van der Waals surface area contributed by atoms with Crippen LogP contribution in [0.3, 0.4) is 0 Å². The number of non-ortho nitro benzene ring substituents is 1. The summed E-state index contributed by atoms with van der Waals surface area (Å²) < 4.78 is 12.0. The summed E-state index contributed by atoms with van der Waals surface area (Å²) in [4.78, 5) is 10.4. The lowest BCUT2D eigenvalue weighted by atomic mass is 9.97. The second-order valence-electron chi connectivity index (χ2n) is 6.46. The van der Waals surface area contributed by atoms with Gasteiger partial charge in [0.2, 0.25) is 0 Å². The minimum Gasteiger partial charge on any atom is -0.487 e. The molecule has 2 rings (SSSR count). The Kier molecular flexibility index (Phi) is 4.17. The standard InChI is InChI=1S/C15H20ClNO4/c1-14(2)8-13(15(3,4)21-14)20-12-6-5-11(17(18)19)7-10(12)9-16/h5-7,13H,8-9H2,1-4H3. The summed E-state index contributed by atoms with van der Waals surface area (Å²) >= 11 is 5.89. The predicted molar refractivity (Wildman–Crippen MR) is 80.9 cm³/mol. The van der Waals surface area contributed by atoms with Crippen molar-refractivity contribution < 1.29 is 14.4 Å². The van der Waals surface area contributed by atoms with Crippen molar-refractivity contribution in [1.82, 2.24) is 0 Å². The van der Waals surface area contributed by atoms with E-state index in [-0.39, 0.29) is 23.3 Å². The lowest BCUT2D eigenvalue weighted by Gasteiger charge is -2.28. The van der Waals surface area contributed by atoms with Gasteiger partial charge in [-0.05, 0) is 33.8 Å². The van der Waals surface area contributed by atoms with E-state index in [0.29, 0.717) is 11.3 Å². The summed E-state index contributed by atoms with van der Waals surface area (Å²) in [6.45, 7) is 8.02. The van der Waals surface area contributed by atoms with Gasteiger partial charge in [-0.1, -0.05) is 0 Å². The van der Waals surface area contributed by atoms with E-state index in [1.54, 1.807) is 6.07 Å². The summed E-state index contributed by atoms with van der Waals surface area (Å²) in [6.07, 6.45) is 0.620. The number of hydrogen-bond donors (Lipinski definition) is 0. The Labute approximate surface area is 129 Å². The molecule has 0 aromatic heterocycles. The number of rotatable bonds is 4. The monoisotopic (exact) mass is 313 g/mol. The molecule has 1 aliphatic heterocycles. The quantitative estimate of drug-likeness (QED) is 0.478. The van der Waals surface area contributed by atoms with E-state index in [9.17, 15) is 10.1 Å². The van der Waals surface area contributed by atoms with Gasteiger partial charge < -0.3 is 9.47 Å². The van der Waals surface area contributed by atoms with Crippen molar-refractivity contribution in [2.45, 2.75) is 57.3 Å². The lowest BCUT2D eigenvalue weighted by Crippen LogP contribution is -2.36. The molecule has 0 saturated carbocycles. The number of nitrogens with zero attached hydrogens (tertiary/aromatic N) is 1. The summed E-state index contributed by atoms with van der Waals surface area (Å²) in [7, 11) is 0. The Morgan fingerprint density at radius 3 is 2.57 bits per heavy atom. The summed E-state index contributed by atoms with van der Waals surface area (Å²) in [6, 6.07) is 4.49. The number of benzene rings is 1. The fourth-order valence-electron chi connectivity index (χ4n) is 2.75. The SMILES string of the molecule is CC1(C)CC(Oc2ccc([N+](=O)[O-])cc2CCl)C(C)(C)O1. The highest BCUT2D eigenvalue weighted by Crippen LogP contribution is 2.40. The van der Waals surface area contributed by atoms with Crippen molar-refractivity contribution >= 4 is 17.3 Å². The third-order valence-corrected chi connectivity index (χ3v) is 3.95. The molecular formula is C15H20ClNO4. The largest absolute Gasteiger partial charge is 0.487 e. The van der Waals surface area contributed by atoms with Crippen LogP contribution < -0.4 is 4.74 Å². The number of ether oxygens (including phenoxy) is 2. The molecule has 1 fully saturated rings. The van der Waals surface area contributed by atoms with E-state index in [1.165, 1.54) is 12.1 Å². The van der Waals surface area contributed by atoms with Crippen LogP contribution >= 0.6 is 11.6 Å². The molecule has 0 radical (unpaired) electrons. The average molecular weight is 314 g/mol. The summed E-state index contributed by atoms with van der Waals surface area (Å²) in [5, 5.41) is 10.8. The van der Waals surface area contributed by atoms with Crippen LogP contribution in [0.2, 0.25) is 0 Å². The van der Waals surface area contributed by atoms with Crippen LogP contribution in [0.25, 0.3) is 0 Å². The highest BCUT2D eigenvalue weighted by atomic mass is 35.5. The first-order valence-corrected chi connectivity index (χ1v) is 7.38. The van der Waals surface area contributed by atoms with Crippen LogP contribution in [-0.4, -0.2) is 22.2 Å². The van der Waals surface area contributed by atoms with Gasteiger partial charge in [0, 0.05) is 24.1 Å². The average Bonchev–Trinajstić information content (AvgIpc) is 2.57. The zero-order valence-electron chi connectivity index (χ0n) is 12.7. The van der Waals surface area contributed by atoms with Crippen molar-refractivity contribution in [2.75, 3.05) is 0 Å². The first-order valence-electron chi connectivity index (χ1n) is 6.85. The van der Waals surface area contributed by atoms with Gasteiger partial charge in [0.05, 0.1) is 16.4 Å². The topological polar surface area (TPSA) is 61.6 Å².